The number of allylic oxidation sites excluding steroid dienone is 1. The van der Waals surface area contributed by atoms with E-state index in [1.165, 1.54) is 37.7 Å². The van der Waals surface area contributed by atoms with Gasteiger partial charge < -0.3 is 26.8 Å². The maximum absolute atomic E-state index is 12.0. The lowest BCUT2D eigenvalue weighted by Gasteiger charge is -2.58. The standard InChI is InChI=1S/C27H37NO3.BrH/c1-26-12-10-20(29)17-19(26)6-7-22-23-8-9-25(27(23,2)13-11-24(22)26)31-16-4-15-28-14-3-5-21(30)18-28;/h3,5,14,17-18,22-25H,4,6-13,15-16H2,1-2H3;1H/t22-,23-,24-,25-,26-,27-;/m0./s1. The zero-order valence-corrected chi connectivity index (χ0v) is 21.1. The summed E-state index contributed by atoms with van der Waals surface area (Å²) in [5.74, 6) is 2.98. The molecular weight excluding hydrogens is 466 g/mol. The van der Waals surface area contributed by atoms with Gasteiger partial charge in [-0.05, 0) is 85.7 Å². The molecule has 0 aliphatic heterocycles. The number of aromatic nitrogens is 1. The van der Waals surface area contributed by atoms with Crippen LogP contribution in [-0.2, 0) is 16.1 Å². The summed E-state index contributed by atoms with van der Waals surface area (Å²) in [5.41, 5.74) is 2.03. The fourth-order valence-corrected chi connectivity index (χ4v) is 7.90. The maximum Gasteiger partial charge on any atom is 0.210 e. The summed E-state index contributed by atoms with van der Waals surface area (Å²) >= 11 is 0. The third-order valence-corrected chi connectivity index (χ3v) is 9.60. The van der Waals surface area contributed by atoms with Crippen molar-refractivity contribution in [1.82, 2.24) is 0 Å². The normalized spacial score (nSPS) is 38.2. The number of ketones is 1. The van der Waals surface area contributed by atoms with Gasteiger partial charge in [-0.15, -0.1) is 0 Å². The van der Waals surface area contributed by atoms with Crippen LogP contribution in [0.1, 0.15) is 71.6 Å². The fourth-order valence-electron chi connectivity index (χ4n) is 7.90. The molecule has 4 aliphatic carbocycles. The smallest absolute Gasteiger partial charge is 0.210 e. The van der Waals surface area contributed by atoms with Crippen molar-refractivity contribution in [3.8, 4) is 5.75 Å². The van der Waals surface area contributed by atoms with Gasteiger partial charge in [0.05, 0.1) is 12.7 Å². The molecule has 4 nitrogen and oxygen atoms in total. The second-order valence-electron chi connectivity index (χ2n) is 11.1. The first-order chi connectivity index (χ1) is 14.9. The molecule has 5 rings (SSSR count). The van der Waals surface area contributed by atoms with Crippen LogP contribution in [0.15, 0.2) is 36.2 Å². The van der Waals surface area contributed by atoms with E-state index in [0.29, 0.717) is 23.1 Å². The molecule has 4 aliphatic rings. The molecule has 1 aromatic rings. The molecule has 1 N–H and O–H groups in total. The Morgan fingerprint density at radius 1 is 1.12 bits per heavy atom. The zero-order chi connectivity index (χ0) is 21.6. The molecule has 0 amide bonds. The Labute approximate surface area is 203 Å². The predicted octanol–water partition coefficient (Wildman–Crippen LogP) is 1.99. The predicted molar refractivity (Wildman–Crippen MR) is 119 cm³/mol. The maximum atomic E-state index is 12.0. The number of hydrogen-bond donors (Lipinski definition) is 1. The number of carbonyl (C=O) groups excluding carboxylic acids is 1. The van der Waals surface area contributed by atoms with E-state index in [-0.39, 0.29) is 22.4 Å². The highest BCUT2D eigenvalue weighted by Gasteiger charge is 2.59. The van der Waals surface area contributed by atoms with Crippen molar-refractivity contribution in [3.05, 3.63) is 36.2 Å². The summed E-state index contributed by atoms with van der Waals surface area (Å²) in [6.45, 7) is 6.63. The molecular formula is C27H38BrNO3. The van der Waals surface area contributed by atoms with Crippen LogP contribution in [0.25, 0.3) is 0 Å². The fraction of sp³-hybridized carbons (Fsp3) is 0.704. The van der Waals surface area contributed by atoms with Crippen molar-refractivity contribution in [2.45, 2.75) is 84.3 Å². The Kier molecular flexibility index (Phi) is 6.89. The zero-order valence-electron chi connectivity index (χ0n) is 19.6. The third kappa shape index (κ3) is 4.09. The van der Waals surface area contributed by atoms with Gasteiger partial charge in [-0.3, -0.25) is 4.79 Å². The second-order valence-corrected chi connectivity index (χ2v) is 11.1. The van der Waals surface area contributed by atoms with Gasteiger partial charge in [0.15, 0.2) is 24.3 Å². The summed E-state index contributed by atoms with van der Waals surface area (Å²) in [6, 6.07) is 3.59. The SMILES string of the molecule is C[C@]12CC[C@H]3[C@@H](CCC4=CC(=O)CC[C@@]43C)[C@@H]1CC[C@@H]2OCCC[n+]1cccc(O)c1.[Br-]. The summed E-state index contributed by atoms with van der Waals surface area (Å²) in [7, 11) is 0. The van der Waals surface area contributed by atoms with Gasteiger partial charge in [0, 0.05) is 18.9 Å². The van der Waals surface area contributed by atoms with Gasteiger partial charge in [-0.25, -0.2) is 4.57 Å². The Balaban J connectivity index is 0.00000245. The Morgan fingerprint density at radius 3 is 2.78 bits per heavy atom. The lowest BCUT2D eigenvalue weighted by atomic mass is 9.47. The highest BCUT2D eigenvalue weighted by Crippen LogP contribution is 2.65. The van der Waals surface area contributed by atoms with Gasteiger partial charge in [0.2, 0.25) is 6.20 Å². The van der Waals surface area contributed by atoms with E-state index in [9.17, 15) is 9.90 Å². The molecule has 0 aromatic carbocycles. The summed E-state index contributed by atoms with van der Waals surface area (Å²) in [5, 5.41) is 9.63. The van der Waals surface area contributed by atoms with E-state index in [2.05, 4.69) is 13.8 Å². The minimum absolute atomic E-state index is 0. The Bertz CT molecular complexity index is 885. The monoisotopic (exact) mass is 503 g/mol. The van der Waals surface area contributed by atoms with Crippen LogP contribution in [0.3, 0.4) is 0 Å². The number of nitrogens with zero attached hydrogens (tertiary/aromatic N) is 1. The van der Waals surface area contributed by atoms with Crippen molar-refractivity contribution in [3.63, 3.8) is 0 Å². The van der Waals surface area contributed by atoms with E-state index in [1.807, 2.05) is 22.9 Å². The molecule has 6 atom stereocenters. The average molecular weight is 505 g/mol. The summed E-state index contributed by atoms with van der Waals surface area (Å²) in [4.78, 5) is 12.0. The molecule has 3 saturated carbocycles. The van der Waals surface area contributed by atoms with E-state index < -0.39 is 0 Å². The van der Waals surface area contributed by atoms with Crippen LogP contribution in [-0.4, -0.2) is 23.6 Å². The molecule has 32 heavy (non-hydrogen) atoms. The van der Waals surface area contributed by atoms with E-state index in [1.54, 1.807) is 12.3 Å². The molecule has 3 fully saturated rings. The molecule has 0 unspecified atom stereocenters. The molecule has 0 spiro atoms. The number of pyridine rings is 1. The molecule has 176 valence electrons. The molecule has 5 heteroatoms. The van der Waals surface area contributed by atoms with Crippen LogP contribution in [0.5, 0.6) is 5.75 Å². The summed E-state index contributed by atoms with van der Waals surface area (Å²) in [6.07, 6.45) is 16.4. The van der Waals surface area contributed by atoms with Crippen LogP contribution in [0.4, 0.5) is 0 Å². The largest absolute Gasteiger partial charge is 1.00 e. The highest BCUT2D eigenvalue weighted by atomic mass is 79.9. The van der Waals surface area contributed by atoms with Crippen molar-refractivity contribution in [2.75, 3.05) is 6.61 Å². The van der Waals surface area contributed by atoms with Gasteiger partial charge >= 0.3 is 0 Å². The lowest BCUT2D eigenvalue weighted by molar-refractivity contribution is -0.697. The molecule has 1 aromatic heterocycles. The van der Waals surface area contributed by atoms with Crippen LogP contribution in [0.2, 0.25) is 0 Å². The average Bonchev–Trinajstić information content (AvgIpc) is 3.08. The lowest BCUT2D eigenvalue weighted by Crippen LogP contribution is -3.00. The first-order valence-corrected chi connectivity index (χ1v) is 12.4. The van der Waals surface area contributed by atoms with Gasteiger partial charge in [-0.1, -0.05) is 19.4 Å². The van der Waals surface area contributed by atoms with E-state index >= 15 is 0 Å². The van der Waals surface area contributed by atoms with E-state index in [0.717, 1.165) is 56.6 Å². The minimum atomic E-state index is 0. The van der Waals surface area contributed by atoms with E-state index in [4.69, 9.17) is 4.74 Å². The first kappa shape index (κ1) is 23.9. The Morgan fingerprint density at radius 2 is 1.97 bits per heavy atom. The van der Waals surface area contributed by atoms with Gasteiger partial charge in [-0.2, -0.15) is 0 Å². The van der Waals surface area contributed by atoms with Gasteiger partial charge in [0.25, 0.3) is 0 Å². The second kappa shape index (κ2) is 9.21. The van der Waals surface area contributed by atoms with Crippen molar-refractivity contribution < 1.29 is 36.2 Å². The third-order valence-electron chi connectivity index (χ3n) is 9.60. The minimum Gasteiger partial charge on any atom is -1.00 e. The number of hydrogen-bond acceptors (Lipinski definition) is 3. The number of rotatable bonds is 5. The molecule has 0 saturated heterocycles. The number of aryl methyl sites for hydroxylation is 1. The van der Waals surface area contributed by atoms with Crippen LogP contribution in [0, 0.1) is 28.6 Å². The summed E-state index contributed by atoms with van der Waals surface area (Å²) < 4.78 is 8.55. The number of aromatic hydroxyl groups is 1. The first-order valence-electron chi connectivity index (χ1n) is 12.4. The number of fused-ring (bicyclic) bond motifs is 5. The number of halogens is 1. The number of carbonyl (C=O) groups is 1. The topological polar surface area (TPSA) is 50.4 Å². The molecule has 0 bridgehead atoms. The molecule has 0 radical (unpaired) electrons. The van der Waals surface area contributed by atoms with Crippen LogP contribution < -0.4 is 21.5 Å². The van der Waals surface area contributed by atoms with Crippen molar-refractivity contribution >= 4 is 5.78 Å². The van der Waals surface area contributed by atoms with Gasteiger partial charge in [0.1, 0.15) is 0 Å². The highest BCUT2D eigenvalue weighted by molar-refractivity contribution is 5.91. The molecule has 1 heterocycles. The number of ether oxygens (including phenoxy) is 1. The quantitative estimate of drug-likeness (QED) is 0.493. The van der Waals surface area contributed by atoms with Crippen LogP contribution >= 0.6 is 0 Å². The van der Waals surface area contributed by atoms with Crippen molar-refractivity contribution in [2.24, 2.45) is 28.6 Å². The Hall–Kier alpha value is -1.20. The van der Waals surface area contributed by atoms with Crippen molar-refractivity contribution in [1.29, 1.82) is 0 Å².